The van der Waals surface area contributed by atoms with Crippen molar-refractivity contribution >= 4 is 22.7 Å². The third-order valence-electron chi connectivity index (χ3n) is 4.61. The summed E-state index contributed by atoms with van der Waals surface area (Å²) in [5, 5.41) is 6.03. The van der Waals surface area contributed by atoms with E-state index in [-0.39, 0.29) is 22.9 Å². The highest BCUT2D eigenvalue weighted by molar-refractivity contribution is 5.92. The van der Waals surface area contributed by atoms with E-state index in [4.69, 9.17) is 0 Å². The van der Waals surface area contributed by atoms with Crippen LogP contribution in [0.3, 0.4) is 0 Å². The fourth-order valence-corrected chi connectivity index (χ4v) is 3.21. The highest BCUT2D eigenvalue weighted by atomic mass is 19.4. The van der Waals surface area contributed by atoms with Gasteiger partial charge >= 0.3 is 12.1 Å². The van der Waals surface area contributed by atoms with Gasteiger partial charge in [0, 0.05) is 12.1 Å². The van der Waals surface area contributed by atoms with E-state index in [0.717, 1.165) is 25.9 Å². The SMILES string of the molecule is CC(CC(=O)Nc1ccc2oc(C(F)(F)F)nc2c1)C1CCNCC1. The number of piperidine rings is 1. The minimum absolute atomic E-state index is 0.0356. The number of alkyl halides is 3. The number of nitrogens with zero attached hydrogens (tertiary/aromatic N) is 1. The summed E-state index contributed by atoms with van der Waals surface area (Å²) in [4.78, 5) is 15.7. The van der Waals surface area contributed by atoms with Gasteiger partial charge in [0.15, 0.2) is 5.58 Å². The Kier molecular flexibility index (Phi) is 4.99. The molecular formula is C17H20F3N3O2. The van der Waals surface area contributed by atoms with Gasteiger partial charge < -0.3 is 15.1 Å². The second-order valence-corrected chi connectivity index (χ2v) is 6.52. The van der Waals surface area contributed by atoms with Gasteiger partial charge in [0.1, 0.15) is 5.52 Å². The number of oxazole rings is 1. The molecule has 1 amide bonds. The number of aromatic nitrogens is 1. The molecule has 1 atom stereocenters. The Labute approximate surface area is 143 Å². The van der Waals surface area contributed by atoms with Crippen molar-refractivity contribution in [2.45, 2.75) is 32.4 Å². The molecule has 2 heterocycles. The first-order chi connectivity index (χ1) is 11.8. The van der Waals surface area contributed by atoms with E-state index in [1.807, 2.05) is 0 Å². The molecule has 0 saturated carbocycles. The van der Waals surface area contributed by atoms with Gasteiger partial charge in [-0.2, -0.15) is 13.2 Å². The van der Waals surface area contributed by atoms with Crippen LogP contribution >= 0.6 is 0 Å². The minimum Gasteiger partial charge on any atom is -0.433 e. The van der Waals surface area contributed by atoms with Gasteiger partial charge in [-0.1, -0.05) is 6.92 Å². The summed E-state index contributed by atoms with van der Waals surface area (Å²) < 4.78 is 42.6. The second-order valence-electron chi connectivity index (χ2n) is 6.52. The number of rotatable bonds is 4. The maximum atomic E-state index is 12.6. The fraction of sp³-hybridized carbons (Fsp3) is 0.529. The molecule has 1 aliphatic rings. The number of anilines is 1. The van der Waals surface area contributed by atoms with E-state index in [9.17, 15) is 18.0 Å². The third kappa shape index (κ3) is 4.31. The molecule has 25 heavy (non-hydrogen) atoms. The van der Waals surface area contributed by atoms with Crippen molar-refractivity contribution < 1.29 is 22.4 Å². The summed E-state index contributed by atoms with van der Waals surface area (Å²) in [6, 6.07) is 4.28. The van der Waals surface area contributed by atoms with Gasteiger partial charge in [-0.05, 0) is 56.0 Å². The number of nitrogens with one attached hydrogen (secondary N) is 2. The normalized spacial score (nSPS) is 17.6. The number of fused-ring (bicyclic) bond motifs is 1. The zero-order valence-electron chi connectivity index (χ0n) is 13.8. The lowest BCUT2D eigenvalue weighted by Gasteiger charge is -2.27. The van der Waals surface area contributed by atoms with Gasteiger partial charge in [0.25, 0.3) is 0 Å². The van der Waals surface area contributed by atoms with Crippen LogP contribution < -0.4 is 10.6 Å². The minimum atomic E-state index is -4.63. The molecule has 5 nitrogen and oxygen atoms in total. The topological polar surface area (TPSA) is 67.2 Å². The smallest absolute Gasteiger partial charge is 0.433 e. The first kappa shape index (κ1) is 17.7. The largest absolute Gasteiger partial charge is 0.468 e. The number of carbonyl (C=O) groups excluding carboxylic acids is 1. The molecule has 2 N–H and O–H groups in total. The van der Waals surface area contributed by atoms with Crippen LogP contribution in [0.2, 0.25) is 0 Å². The Bertz CT molecular complexity index is 751. The third-order valence-corrected chi connectivity index (χ3v) is 4.61. The Morgan fingerprint density at radius 3 is 2.80 bits per heavy atom. The summed E-state index contributed by atoms with van der Waals surface area (Å²) >= 11 is 0. The fourth-order valence-electron chi connectivity index (χ4n) is 3.21. The molecule has 1 aliphatic heterocycles. The molecule has 0 spiro atoms. The Morgan fingerprint density at radius 1 is 1.40 bits per heavy atom. The van der Waals surface area contributed by atoms with E-state index in [1.54, 1.807) is 0 Å². The Hall–Kier alpha value is -2.09. The van der Waals surface area contributed by atoms with Gasteiger partial charge in [-0.15, -0.1) is 0 Å². The molecule has 3 rings (SSSR count). The van der Waals surface area contributed by atoms with Crippen molar-refractivity contribution in [3.8, 4) is 0 Å². The quantitative estimate of drug-likeness (QED) is 0.875. The molecule has 2 aromatic rings. The van der Waals surface area contributed by atoms with Crippen molar-refractivity contribution in [2.75, 3.05) is 18.4 Å². The maximum Gasteiger partial charge on any atom is 0.468 e. The van der Waals surface area contributed by atoms with Crippen LogP contribution in [0.25, 0.3) is 11.1 Å². The van der Waals surface area contributed by atoms with Crippen LogP contribution in [-0.2, 0) is 11.0 Å². The zero-order valence-corrected chi connectivity index (χ0v) is 13.8. The summed E-state index contributed by atoms with van der Waals surface area (Å²) in [7, 11) is 0. The van der Waals surface area contributed by atoms with Crippen LogP contribution in [-0.4, -0.2) is 24.0 Å². The second kappa shape index (κ2) is 7.03. The van der Waals surface area contributed by atoms with E-state index in [1.165, 1.54) is 18.2 Å². The number of amides is 1. The predicted octanol–water partition coefficient (Wildman–Crippen LogP) is 3.81. The molecule has 1 unspecified atom stereocenters. The Morgan fingerprint density at radius 2 is 2.12 bits per heavy atom. The lowest BCUT2D eigenvalue weighted by Crippen LogP contribution is -2.32. The molecule has 0 radical (unpaired) electrons. The molecule has 1 aromatic heterocycles. The average Bonchev–Trinajstić information content (AvgIpc) is 2.99. The van der Waals surface area contributed by atoms with Crippen LogP contribution in [0.4, 0.5) is 18.9 Å². The van der Waals surface area contributed by atoms with Gasteiger partial charge in [-0.3, -0.25) is 4.79 Å². The lowest BCUT2D eigenvalue weighted by atomic mass is 9.84. The molecular weight excluding hydrogens is 335 g/mol. The lowest BCUT2D eigenvalue weighted by molar-refractivity contribution is -0.156. The Balaban J connectivity index is 1.64. The van der Waals surface area contributed by atoms with E-state index >= 15 is 0 Å². The number of benzene rings is 1. The number of carbonyl (C=O) groups is 1. The highest BCUT2D eigenvalue weighted by Gasteiger charge is 2.37. The number of hydrogen-bond donors (Lipinski definition) is 2. The van der Waals surface area contributed by atoms with Crippen LogP contribution in [0.15, 0.2) is 22.6 Å². The molecule has 0 bridgehead atoms. The first-order valence-electron chi connectivity index (χ1n) is 8.31. The molecule has 1 saturated heterocycles. The number of halogens is 3. The monoisotopic (exact) mass is 355 g/mol. The van der Waals surface area contributed by atoms with E-state index < -0.39 is 12.1 Å². The van der Waals surface area contributed by atoms with Crippen molar-refractivity contribution in [1.29, 1.82) is 0 Å². The molecule has 136 valence electrons. The maximum absolute atomic E-state index is 12.6. The van der Waals surface area contributed by atoms with Crippen molar-refractivity contribution in [3.63, 3.8) is 0 Å². The summed E-state index contributed by atoms with van der Waals surface area (Å²) in [6.07, 6.45) is -2.14. The standard InChI is InChI=1S/C17H20F3N3O2/c1-10(11-4-6-21-7-5-11)8-15(24)22-12-2-3-14-13(9-12)23-16(25-14)17(18,19)20/h2-3,9-11,21H,4-8H2,1H3,(H,22,24). The summed E-state index contributed by atoms with van der Waals surface area (Å²) in [5.41, 5.74) is 0.516. The van der Waals surface area contributed by atoms with E-state index in [0.29, 0.717) is 18.0 Å². The summed E-state index contributed by atoms with van der Waals surface area (Å²) in [5.74, 6) is -0.662. The van der Waals surface area contributed by atoms with Gasteiger partial charge in [0.05, 0.1) is 0 Å². The predicted molar refractivity (Wildman–Crippen MR) is 87.0 cm³/mol. The molecule has 1 fully saturated rings. The van der Waals surface area contributed by atoms with Crippen LogP contribution in [0.5, 0.6) is 0 Å². The van der Waals surface area contributed by atoms with E-state index in [2.05, 4.69) is 27.0 Å². The number of hydrogen-bond acceptors (Lipinski definition) is 4. The van der Waals surface area contributed by atoms with Crippen molar-refractivity contribution in [1.82, 2.24) is 10.3 Å². The van der Waals surface area contributed by atoms with Crippen LogP contribution in [0.1, 0.15) is 32.1 Å². The highest BCUT2D eigenvalue weighted by Crippen LogP contribution is 2.32. The summed E-state index contributed by atoms with van der Waals surface area (Å²) in [6.45, 7) is 4.01. The van der Waals surface area contributed by atoms with Gasteiger partial charge in [0.2, 0.25) is 5.91 Å². The average molecular weight is 355 g/mol. The van der Waals surface area contributed by atoms with Crippen molar-refractivity contribution in [3.05, 3.63) is 24.1 Å². The molecule has 8 heteroatoms. The van der Waals surface area contributed by atoms with Crippen molar-refractivity contribution in [2.24, 2.45) is 11.8 Å². The first-order valence-corrected chi connectivity index (χ1v) is 8.31. The van der Waals surface area contributed by atoms with Crippen LogP contribution in [0, 0.1) is 11.8 Å². The zero-order chi connectivity index (χ0) is 18.0. The molecule has 1 aromatic carbocycles. The van der Waals surface area contributed by atoms with Gasteiger partial charge in [-0.25, -0.2) is 4.98 Å². The molecule has 0 aliphatic carbocycles.